The molecular formula is C16H27N3O. The van der Waals surface area contributed by atoms with Crippen molar-refractivity contribution in [2.75, 3.05) is 19.8 Å². The lowest BCUT2D eigenvalue weighted by Crippen LogP contribution is -2.29. The van der Waals surface area contributed by atoms with Crippen LogP contribution < -0.4 is 5.32 Å². The highest BCUT2D eigenvalue weighted by atomic mass is 16.5. The third-order valence-electron chi connectivity index (χ3n) is 4.61. The number of hydrogen-bond acceptors (Lipinski definition) is 3. The van der Waals surface area contributed by atoms with Gasteiger partial charge in [0.2, 0.25) is 0 Å². The maximum Gasteiger partial charge on any atom is 0.0762 e. The molecule has 1 saturated carbocycles. The molecule has 2 aliphatic rings. The molecule has 1 N–H and O–H groups in total. The summed E-state index contributed by atoms with van der Waals surface area (Å²) >= 11 is 0. The van der Waals surface area contributed by atoms with Gasteiger partial charge < -0.3 is 10.1 Å². The molecule has 1 aromatic rings. The van der Waals surface area contributed by atoms with E-state index in [9.17, 15) is 0 Å². The molecule has 112 valence electrons. The van der Waals surface area contributed by atoms with Gasteiger partial charge in [-0.05, 0) is 37.7 Å². The topological polar surface area (TPSA) is 39.1 Å². The lowest BCUT2D eigenvalue weighted by atomic mass is 9.96. The standard InChI is InChI=1S/C16H27N3O/c1-2-6-16(7-3-1)19-9-8-15(18-19)12-17-11-14-5-4-10-20-13-14/h8-9,14,16-17H,1-7,10-13H2. The average molecular weight is 277 g/mol. The molecule has 0 aromatic carbocycles. The van der Waals surface area contributed by atoms with Gasteiger partial charge in [0.15, 0.2) is 0 Å². The summed E-state index contributed by atoms with van der Waals surface area (Å²) in [4.78, 5) is 0. The first kappa shape index (κ1) is 14.1. The van der Waals surface area contributed by atoms with Gasteiger partial charge in [0.05, 0.1) is 18.3 Å². The van der Waals surface area contributed by atoms with E-state index in [1.54, 1.807) is 0 Å². The molecule has 2 heterocycles. The van der Waals surface area contributed by atoms with Crippen molar-refractivity contribution in [3.63, 3.8) is 0 Å². The molecule has 4 heteroatoms. The first-order valence-corrected chi connectivity index (χ1v) is 8.24. The molecule has 1 aliphatic carbocycles. The van der Waals surface area contributed by atoms with E-state index >= 15 is 0 Å². The van der Waals surface area contributed by atoms with Crippen LogP contribution in [-0.4, -0.2) is 29.5 Å². The third-order valence-corrected chi connectivity index (χ3v) is 4.61. The van der Waals surface area contributed by atoms with Crippen molar-refractivity contribution in [2.45, 2.75) is 57.5 Å². The van der Waals surface area contributed by atoms with Gasteiger partial charge in [0.25, 0.3) is 0 Å². The minimum atomic E-state index is 0.643. The van der Waals surface area contributed by atoms with E-state index < -0.39 is 0 Å². The summed E-state index contributed by atoms with van der Waals surface area (Å²) in [5, 5.41) is 8.27. The molecule has 0 amide bonds. The lowest BCUT2D eigenvalue weighted by molar-refractivity contribution is 0.0547. The largest absolute Gasteiger partial charge is 0.381 e. The lowest BCUT2D eigenvalue weighted by Gasteiger charge is -2.22. The summed E-state index contributed by atoms with van der Waals surface area (Å²) in [6.07, 6.45) is 11.4. The van der Waals surface area contributed by atoms with Gasteiger partial charge in [-0.25, -0.2) is 0 Å². The molecule has 0 bridgehead atoms. The van der Waals surface area contributed by atoms with Gasteiger partial charge in [-0.15, -0.1) is 0 Å². The zero-order valence-electron chi connectivity index (χ0n) is 12.4. The fourth-order valence-corrected chi connectivity index (χ4v) is 3.39. The Hall–Kier alpha value is -0.870. The second-order valence-corrected chi connectivity index (χ2v) is 6.29. The fraction of sp³-hybridized carbons (Fsp3) is 0.812. The van der Waals surface area contributed by atoms with E-state index in [0.717, 1.165) is 26.3 Å². The number of hydrogen-bond donors (Lipinski definition) is 1. The van der Waals surface area contributed by atoms with Crippen LogP contribution >= 0.6 is 0 Å². The SMILES string of the molecule is c1cn(C2CCCCC2)nc1CNCC1CCCOC1. The molecule has 1 saturated heterocycles. The molecule has 3 rings (SSSR count). The highest BCUT2D eigenvalue weighted by molar-refractivity contribution is 4.99. The third kappa shape index (κ3) is 3.83. The van der Waals surface area contributed by atoms with Crippen LogP contribution in [0, 0.1) is 5.92 Å². The summed E-state index contributed by atoms with van der Waals surface area (Å²) in [5.41, 5.74) is 1.17. The summed E-state index contributed by atoms with van der Waals surface area (Å²) in [7, 11) is 0. The minimum Gasteiger partial charge on any atom is -0.381 e. The maximum absolute atomic E-state index is 5.51. The number of rotatable bonds is 5. The van der Waals surface area contributed by atoms with E-state index in [4.69, 9.17) is 9.84 Å². The Morgan fingerprint density at radius 3 is 2.90 bits per heavy atom. The van der Waals surface area contributed by atoms with Crippen LogP contribution in [0.1, 0.15) is 56.7 Å². The zero-order chi connectivity index (χ0) is 13.6. The molecule has 0 spiro atoms. The van der Waals surface area contributed by atoms with E-state index in [1.165, 1.54) is 50.6 Å². The van der Waals surface area contributed by atoms with Gasteiger partial charge in [-0.2, -0.15) is 5.10 Å². The number of ether oxygens (including phenoxy) is 1. The van der Waals surface area contributed by atoms with Gasteiger partial charge in [-0.3, -0.25) is 4.68 Å². The molecule has 4 nitrogen and oxygen atoms in total. The number of nitrogens with one attached hydrogen (secondary N) is 1. The van der Waals surface area contributed by atoms with Gasteiger partial charge in [0.1, 0.15) is 0 Å². The van der Waals surface area contributed by atoms with Crippen LogP contribution in [-0.2, 0) is 11.3 Å². The summed E-state index contributed by atoms with van der Waals surface area (Å²) in [6.45, 7) is 3.80. The van der Waals surface area contributed by atoms with Crippen molar-refractivity contribution in [2.24, 2.45) is 5.92 Å². The van der Waals surface area contributed by atoms with Crippen LogP contribution in [0.2, 0.25) is 0 Å². The van der Waals surface area contributed by atoms with Gasteiger partial charge in [0, 0.05) is 25.9 Å². The van der Waals surface area contributed by atoms with Crippen LogP contribution in [0.5, 0.6) is 0 Å². The molecule has 2 fully saturated rings. The van der Waals surface area contributed by atoms with Crippen molar-refractivity contribution >= 4 is 0 Å². The highest BCUT2D eigenvalue weighted by Gasteiger charge is 2.16. The maximum atomic E-state index is 5.51. The molecule has 1 atom stereocenters. The fourth-order valence-electron chi connectivity index (χ4n) is 3.39. The second kappa shape index (κ2) is 7.23. The number of aromatic nitrogens is 2. The normalized spacial score (nSPS) is 24.9. The van der Waals surface area contributed by atoms with E-state index in [2.05, 4.69) is 22.3 Å². The highest BCUT2D eigenvalue weighted by Crippen LogP contribution is 2.27. The van der Waals surface area contributed by atoms with E-state index in [0.29, 0.717) is 12.0 Å². The first-order chi connectivity index (χ1) is 9.92. The smallest absolute Gasteiger partial charge is 0.0762 e. The Morgan fingerprint density at radius 1 is 1.20 bits per heavy atom. The summed E-state index contributed by atoms with van der Waals surface area (Å²) < 4.78 is 7.70. The van der Waals surface area contributed by atoms with Crippen LogP contribution in [0.3, 0.4) is 0 Å². The average Bonchev–Trinajstić information content (AvgIpc) is 2.98. The molecule has 0 radical (unpaired) electrons. The van der Waals surface area contributed by atoms with E-state index in [1.807, 2.05) is 0 Å². The number of nitrogens with zero attached hydrogens (tertiary/aromatic N) is 2. The molecule has 20 heavy (non-hydrogen) atoms. The van der Waals surface area contributed by atoms with E-state index in [-0.39, 0.29) is 0 Å². The summed E-state index contributed by atoms with van der Waals surface area (Å²) in [5.74, 6) is 0.684. The van der Waals surface area contributed by atoms with Crippen LogP contribution in [0.25, 0.3) is 0 Å². The van der Waals surface area contributed by atoms with Crippen molar-refractivity contribution in [3.05, 3.63) is 18.0 Å². The Bertz CT molecular complexity index is 392. The predicted molar refractivity (Wildman–Crippen MR) is 79.6 cm³/mol. The zero-order valence-corrected chi connectivity index (χ0v) is 12.4. The first-order valence-electron chi connectivity index (χ1n) is 8.24. The molecule has 1 aliphatic heterocycles. The second-order valence-electron chi connectivity index (χ2n) is 6.29. The van der Waals surface area contributed by atoms with Gasteiger partial charge in [-0.1, -0.05) is 19.3 Å². The predicted octanol–water partition coefficient (Wildman–Crippen LogP) is 2.90. The minimum absolute atomic E-state index is 0.643. The van der Waals surface area contributed by atoms with Crippen molar-refractivity contribution in [1.29, 1.82) is 0 Å². The monoisotopic (exact) mass is 277 g/mol. The van der Waals surface area contributed by atoms with Crippen LogP contribution in [0.15, 0.2) is 12.3 Å². The Balaban J connectivity index is 1.42. The summed E-state index contributed by atoms with van der Waals surface area (Å²) in [6, 6.07) is 2.81. The van der Waals surface area contributed by atoms with Crippen molar-refractivity contribution in [3.8, 4) is 0 Å². The Labute approximate surface area is 121 Å². The van der Waals surface area contributed by atoms with Crippen LogP contribution in [0.4, 0.5) is 0 Å². The quantitative estimate of drug-likeness (QED) is 0.899. The Morgan fingerprint density at radius 2 is 2.10 bits per heavy atom. The van der Waals surface area contributed by atoms with Gasteiger partial charge >= 0.3 is 0 Å². The molecule has 1 aromatic heterocycles. The Kier molecular flexibility index (Phi) is 5.09. The van der Waals surface area contributed by atoms with Crippen molar-refractivity contribution in [1.82, 2.24) is 15.1 Å². The molecule has 1 unspecified atom stereocenters. The van der Waals surface area contributed by atoms with Crippen molar-refractivity contribution < 1.29 is 4.74 Å². The molecular weight excluding hydrogens is 250 g/mol.